The Labute approximate surface area is 170 Å². The van der Waals surface area contributed by atoms with E-state index in [0.717, 1.165) is 56.3 Å². The van der Waals surface area contributed by atoms with Crippen molar-refractivity contribution in [2.45, 2.75) is 31.2 Å². The molecule has 1 aromatic carbocycles. The van der Waals surface area contributed by atoms with E-state index in [0.29, 0.717) is 6.54 Å². The summed E-state index contributed by atoms with van der Waals surface area (Å²) in [5, 5.41) is 13.8. The summed E-state index contributed by atoms with van der Waals surface area (Å²) < 4.78 is 19.2. The third kappa shape index (κ3) is 4.60. The predicted molar refractivity (Wildman–Crippen MR) is 112 cm³/mol. The van der Waals surface area contributed by atoms with Crippen LogP contribution in [0.1, 0.15) is 12.8 Å². The van der Waals surface area contributed by atoms with Gasteiger partial charge in [0, 0.05) is 43.3 Å². The number of morpholine rings is 1. The fraction of sp³-hybridized carbons (Fsp3) is 0.476. The number of hydrogen-bond acceptors (Lipinski definition) is 7. The number of halogens is 1. The molecule has 3 atom stereocenters. The molecular weight excluding hydrogens is 373 g/mol. The maximum atomic E-state index is 13.8. The van der Waals surface area contributed by atoms with E-state index in [1.54, 1.807) is 12.3 Å². The highest BCUT2D eigenvalue weighted by atomic mass is 19.1. The molecule has 1 aromatic heterocycles. The van der Waals surface area contributed by atoms with E-state index < -0.39 is 6.23 Å². The van der Waals surface area contributed by atoms with Gasteiger partial charge in [-0.15, -0.1) is 0 Å². The van der Waals surface area contributed by atoms with E-state index in [1.165, 1.54) is 12.1 Å². The molecular formula is C21H28FN5O2. The number of ether oxygens (including phenoxy) is 1. The lowest BCUT2D eigenvalue weighted by Crippen LogP contribution is -2.60. The molecule has 0 saturated carbocycles. The fourth-order valence-corrected chi connectivity index (χ4v) is 4.26. The number of aliphatic hydroxyl groups is 1. The van der Waals surface area contributed by atoms with Crippen LogP contribution in [-0.4, -0.2) is 61.3 Å². The Morgan fingerprint density at radius 3 is 2.76 bits per heavy atom. The lowest BCUT2D eigenvalue weighted by Gasteiger charge is -2.44. The van der Waals surface area contributed by atoms with Crippen molar-refractivity contribution in [1.82, 2.24) is 4.98 Å². The van der Waals surface area contributed by atoms with Crippen LogP contribution in [0.5, 0.6) is 0 Å². The average molecular weight is 401 g/mol. The van der Waals surface area contributed by atoms with Crippen molar-refractivity contribution in [3.63, 3.8) is 0 Å². The Bertz CT molecular complexity index is 815. The molecule has 2 aliphatic rings. The van der Waals surface area contributed by atoms with Crippen LogP contribution in [0, 0.1) is 5.82 Å². The highest BCUT2D eigenvalue weighted by Crippen LogP contribution is 2.29. The highest BCUT2D eigenvalue weighted by Gasteiger charge is 2.35. The van der Waals surface area contributed by atoms with Crippen LogP contribution < -0.4 is 20.9 Å². The molecule has 2 saturated heterocycles. The Hall–Kier alpha value is -2.42. The number of piperidine rings is 1. The van der Waals surface area contributed by atoms with Crippen LogP contribution in [0.3, 0.4) is 0 Å². The number of rotatable bonds is 5. The van der Waals surface area contributed by atoms with E-state index in [-0.39, 0.29) is 17.9 Å². The molecule has 1 unspecified atom stereocenters. The third-order valence-electron chi connectivity index (χ3n) is 5.63. The second-order valence-electron chi connectivity index (χ2n) is 7.55. The molecule has 3 heterocycles. The smallest absolute Gasteiger partial charge is 0.128 e. The molecule has 2 aliphatic heterocycles. The Kier molecular flexibility index (Phi) is 6.13. The van der Waals surface area contributed by atoms with Gasteiger partial charge in [0.15, 0.2) is 0 Å². The van der Waals surface area contributed by atoms with Gasteiger partial charge in [0.25, 0.3) is 0 Å². The number of aromatic nitrogens is 1. The Morgan fingerprint density at radius 2 is 2.00 bits per heavy atom. The zero-order valence-electron chi connectivity index (χ0n) is 16.4. The van der Waals surface area contributed by atoms with Gasteiger partial charge in [-0.3, -0.25) is 0 Å². The number of benzene rings is 1. The third-order valence-corrected chi connectivity index (χ3v) is 5.63. The molecule has 0 aliphatic carbocycles. The van der Waals surface area contributed by atoms with Crippen molar-refractivity contribution in [2.24, 2.45) is 5.73 Å². The summed E-state index contributed by atoms with van der Waals surface area (Å²) in [7, 11) is 0. The largest absolute Gasteiger partial charge is 0.378 e. The first-order chi connectivity index (χ1) is 14.1. The lowest BCUT2D eigenvalue weighted by atomic mass is 9.94. The van der Waals surface area contributed by atoms with E-state index in [9.17, 15) is 9.50 Å². The number of nitrogens with one attached hydrogen (secondary N) is 1. The first-order valence-electron chi connectivity index (χ1n) is 10.1. The molecule has 29 heavy (non-hydrogen) atoms. The van der Waals surface area contributed by atoms with Crippen LogP contribution in [0.15, 0.2) is 42.6 Å². The number of nitrogens with zero attached hydrogens (tertiary/aromatic N) is 3. The standard InChI is InChI=1S/C21H28FN5O2/c22-15-3-1-4-17(13-15)27-8-2-5-18(20(27)21(23)28)25-19-14-16(6-7-24-19)26-9-11-29-12-10-26/h1,3-4,6-7,13-14,18,20-21,28H,2,5,8-12,23H2,(H,24,25)/t18-,20+,21?/m1/s1. The normalized spacial score (nSPS) is 23.7. The van der Waals surface area contributed by atoms with Crippen molar-refractivity contribution in [3.8, 4) is 0 Å². The first kappa shape index (κ1) is 19.9. The summed E-state index contributed by atoms with van der Waals surface area (Å²) >= 11 is 0. The summed E-state index contributed by atoms with van der Waals surface area (Å²) in [5.41, 5.74) is 7.78. The molecule has 0 amide bonds. The summed E-state index contributed by atoms with van der Waals surface area (Å²) in [5.74, 6) is 0.438. The van der Waals surface area contributed by atoms with Gasteiger partial charge in [-0.05, 0) is 37.1 Å². The van der Waals surface area contributed by atoms with Gasteiger partial charge in [0.05, 0.1) is 25.3 Å². The maximum absolute atomic E-state index is 13.8. The van der Waals surface area contributed by atoms with Crippen molar-refractivity contribution < 1.29 is 14.2 Å². The van der Waals surface area contributed by atoms with Gasteiger partial charge < -0.3 is 30.7 Å². The van der Waals surface area contributed by atoms with Crippen LogP contribution >= 0.6 is 0 Å². The Balaban J connectivity index is 1.54. The van der Waals surface area contributed by atoms with Gasteiger partial charge in [-0.25, -0.2) is 9.37 Å². The molecule has 4 rings (SSSR count). The number of aliphatic hydroxyl groups excluding tert-OH is 1. The zero-order valence-corrected chi connectivity index (χ0v) is 16.4. The van der Waals surface area contributed by atoms with E-state index in [4.69, 9.17) is 10.5 Å². The topological polar surface area (TPSA) is 86.9 Å². The monoisotopic (exact) mass is 401 g/mol. The van der Waals surface area contributed by atoms with Gasteiger partial charge in [0.2, 0.25) is 0 Å². The summed E-state index contributed by atoms with van der Waals surface area (Å²) in [6, 6.07) is 9.93. The van der Waals surface area contributed by atoms with Crippen molar-refractivity contribution in [3.05, 3.63) is 48.4 Å². The summed E-state index contributed by atoms with van der Waals surface area (Å²) in [6.07, 6.45) is 2.46. The van der Waals surface area contributed by atoms with Gasteiger partial charge >= 0.3 is 0 Å². The van der Waals surface area contributed by atoms with Gasteiger partial charge in [-0.2, -0.15) is 0 Å². The maximum Gasteiger partial charge on any atom is 0.128 e. The quantitative estimate of drug-likeness (QED) is 0.659. The molecule has 0 radical (unpaired) electrons. The second kappa shape index (κ2) is 8.94. The second-order valence-corrected chi connectivity index (χ2v) is 7.55. The van der Waals surface area contributed by atoms with Gasteiger partial charge in [-0.1, -0.05) is 6.07 Å². The van der Waals surface area contributed by atoms with Crippen molar-refractivity contribution >= 4 is 17.2 Å². The van der Waals surface area contributed by atoms with Crippen LogP contribution in [0.4, 0.5) is 21.6 Å². The van der Waals surface area contributed by atoms with E-state index >= 15 is 0 Å². The van der Waals surface area contributed by atoms with E-state index in [1.807, 2.05) is 23.1 Å². The molecule has 4 N–H and O–H groups in total. The average Bonchev–Trinajstić information content (AvgIpc) is 2.74. The highest BCUT2D eigenvalue weighted by molar-refractivity contribution is 5.55. The van der Waals surface area contributed by atoms with Crippen LogP contribution in [-0.2, 0) is 4.74 Å². The van der Waals surface area contributed by atoms with Crippen LogP contribution in [0.25, 0.3) is 0 Å². The molecule has 0 bridgehead atoms. The van der Waals surface area contributed by atoms with Crippen molar-refractivity contribution in [2.75, 3.05) is 48.0 Å². The van der Waals surface area contributed by atoms with Gasteiger partial charge in [0.1, 0.15) is 17.9 Å². The fourth-order valence-electron chi connectivity index (χ4n) is 4.26. The van der Waals surface area contributed by atoms with E-state index in [2.05, 4.69) is 15.2 Å². The summed E-state index contributed by atoms with van der Waals surface area (Å²) in [6.45, 7) is 3.85. The minimum absolute atomic E-state index is 0.112. The minimum atomic E-state index is -1.07. The number of hydrogen-bond donors (Lipinski definition) is 3. The number of pyridine rings is 1. The van der Waals surface area contributed by atoms with Crippen LogP contribution in [0.2, 0.25) is 0 Å². The number of nitrogens with two attached hydrogens (primary N) is 1. The number of anilines is 3. The minimum Gasteiger partial charge on any atom is -0.378 e. The molecule has 0 spiro atoms. The molecule has 7 nitrogen and oxygen atoms in total. The van der Waals surface area contributed by atoms with Crippen molar-refractivity contribution in [1.29, 1.82) is 0 Å². The SMILES string of the molecule is NC(O)[C@@H]1[C@H](Nc2cc(N3CCOCC3)ccn2)CCCN1c1cccc(F)c1. The molecule has 156 valence electrons. The first-order valence-corrected chi connectivity index (χ1v) is 10.1. The molecule has 2 fully saturated rings. The lowest BCUT2D eigenvalue weighted by molar-refractivity contribution is 0.122. The Morgan fingerprint density at radius 1 is 1.17 bits per heavy atom. The summed E-state index contributed by atoms with van der Waals surface area (Å²) in [4.78, 5) is 8.72. The molecule has 8 heteroatoms. The zero-order chi connectivity index (χ0) is 20.2. The predicted octanol–water partition coefficient (Wildman–Crippen LogP) is 1.78. The molecule has 2 aromatic rings.